The maximum Gasteiger partial charge on any atom is 0.251 e. The number of thiazole rings is 1. The third kappa shape index (κ3) is 3.91. The topological polar surface area (TPSA) is 42.0 Å². The third-order valence-corrected chi connectivity index (χ3v) is 5.55. The number of carbonyl (C=O) groups is 1. The van der Waals surface area contributed by atoms with E-state index in [1.54, 1.807) is 11.3 Å². The van der Waals surface area contributed by atoms with Gasteiger partial charge < -0.3 is 5.32 Å². The van der Waals surface area contributed by atoms with E-state index in [2.05, 4.69) is 10.3 Å². The number of nitrogens with one attached hydrogen (secondary N) is 1. The minimum absolute atomic E-state index is 0.0652. The van der Waals surface area contributed by atoms with Crippen molar-refractivity contribution < 1.29 is 4.79 Å². The standard InChI is InChI=1S/C20H19ClN2OS/c1-12-8-9-15(13(2)10-12)19(24)22-11-18-14(3)23-20(25-18)16-6-4-5-7-17(16)21/h4-10H,11H2,1-3H3,(H,22,24). The maximum absolute atomic E-state index is 12.4. The average molecular weight is 371 g/mol. The number of hydrogen-bond donors (Lipinski definition) is 1. The summed E-state index contributed by atoms with van der Waals surface area (Å²) in [5.74, 6) is -0.0652. The summed E-state index contributed by atoms with van der Waals surface area (Å²) in [5.41, 5.74) is 4.68. The Bertz CT molecular complexity index is 933. The summed E-state index contributed by atoms with van der Waals surface area (Å²) in [5, 5.41) is 4.55. The zero-order chi connectivity index (χ0) is 18.0. The van der Waals surface area contributed by atoms with E-state index in [4.69, 9.17) is 11.6 Å². The SMILES string of the molecule is Cc1ccc(C(=O)NCc2sc(-c3ccccc3Cl)nc2C)c(C)c1. The molecule has 3 nitrogen and oxygen atoms in total. The monoisotopic (exact) mass is 370 g/mol. The molecule has 0 aliphatic heterocycles. The predicted molar refractivity (Wildman–Crippen MR) is 104 cm³/mol. The first-order valence-corrected chi connectivity index (χ1v) is 9.22. The van der Waals surface area contributed by atoms with Gasteiger partial charge in [-0.1, -0.05) is 47.5 Å². The van der Waals surface area contributed by atoms with Gasteiger partial charge in [-0.3, -0.25) is 4.79 Å². The van der Waals surface area contributed by atoms with Gasteiger partial charge in [-0.2, -0.15) is 0 Å². The molecule has 1 N–H and O–H groups in total. The molecule has 0 aliphatic carbocycles. The summed E-state index contributed by atoms with van der Waals surface area (Å²) >= 11 is 7.82. The Hall–Kier alpha value is -2.17. The molecule has 5 heteroatoms. The van der Waals surface area contributed by atoms with Crippen molar-refractivity contribution in [1.29, 1.82) is 0 Å². The Kier molecular flexibility index (Phi) is 5.21. The average Bonchev–Trinajstić information content (AvgIpc) is 2.94. The minimum atomic E-state index is -0.0652. The molecule has 0 unspecified atom stereocenters. The molecule has 1 heterocycles. The van der Waals surface area contributed by atoms with Gasteiger partial charge >= 0.3 is 0 Å². The quantitative estimate of drug-likeness (QED) is 0.675. The maximum atomic E-state index is 12.4. The summed E-state index contributed by atoms with van der Waals surface area (Å²) in [6, 6.07) is 13.5. The van der Waals surface area contributed by atoms with Crippen molar-refractivity contribution >= 4 is 28.8 Å². The molecular formula is C20H19ClN2OS. The molecule has 0 saturated carbocycles. The molecule has 0 radical (unpaired) electrons. The van der Waals surface area contributed by atoms with Gasteiger partial charge in [0, 0.05) is 16.0 Å². The minimum Gasteiger partial charge on any atom is -0.347 e. The van der Waals surface area contributed by atoms with Crippen LogP contribution in [0.25, 0.3) is 10.6 Å². The Morgan fingerprint density at radius 2 is 1.92 bits per heavy atom. The Morgan fingerprint density at radius 3 is 2.64 bits per heavy atom. The van der Waals surface area contributed by atoms with Gasteiger partial charge in [-0.05, 0) is 38.5 Å². The van der Waals surface area contributed by atoms with Crippen LogP contribution in [0.1, 0.15) is 32.1 Å². The molecule has 3 rings (SSSR count). The number of rotatable bonds is 4. The van der Waals surface area contributed by atoms with E-state index >= 15 is 0 Å². The smallest absolute Gasteiger partial charge is 0.251 e. The molecule has 0 fully saturated rings. The highest BCUT2D eigenvalue weighted by molar-refractivity contribution is 7.15. The fourth-order valence-corrected chi connectivity index (χ4v) is 3.99. The van der Waals surface area contributed by atoms with E-state index < -0.39 is 0 Å². The number of nitrogens with zero attached hydrogens (tertiary/aromatic N) is 1. The summed E-state index contributed by atoms with van der Waals surface area (Å²) in [4.78, 5) is 18.1. The molecular weight excluding hydrogens is 352 g/mol. The van der Waals surface area contributed by atoms with Crippen LogP contribution in [0.15, 0.2) is 42.5 Å². The fraction of sp³-hybridized carbons (Fsp3) is 0.200. The second kappa shape index (κ2) is 7.38. The van der Waals surface area contributed by atoms with Crippen molar-refractivity contribution in [2.24, 2.45) is 0 Å². The van der Waals surface area contributed by atoms with Crippen LogP contribution in [-0.2, 0) is 6.54 Å². The molecule has 0 saturated heterocycles. The summed E-state index contributed by atoms with van der Waals surface area (Å²) in [7, 11) is 0. The van der Waals surface area contributed by atoms with E-state index in [1.165, 1.54) is 0 Å². The first-order chi connectivity index (χ1) is 12.0. The van der Waals surface area contributed by atoms with Crippen molar-refractivity contribution in [2.45, 2.75) is 27.3 Å². The highest BCUT2D eigenvalue weighted by atomic mass is 35.5. The molecule has 1 aromatic heterocycles. The number of benzene rings is 2. The van der Waals surface area contributed by atoms with Crippen LogP contribution < -0.4 is 5.32 Å². The summed E-state index contributed by atoms with van der Waals surface area (Å²) in [6.07, 6.45) is 0. The van der Waals surface area contributed by atoms with Crippen molar-refractivity contribution in [1.82, 2.24) is 10.3 Å². The van der Waals surface area contributed by atoms with E-state index in [-0.39, 0.29) is 5.91 Å². The van der Waals surface area contributed by atoms with Crippen molar-refractivity contribution in [2.75, 3.05) is 0 Å². The van der Waals surface area contributed by atoms with Crippen LogP contribution in [0.3, 0.4) is 0 Å². The molecule has 3 aromatic rings. The number of hydrogen-bond acceptors (Lipinski definition) is 3. The molecule has 0 aliphatic rings. The number of aromatic nitrogens is 1. The van der Waals surface area contributed by atoms with E-state index in [0.29, 0.717) is 17.1 Å². The van der Waals surface area contributed by atoms with Crippen LogP contribution in [0.4, 0.5) is 0 Å². The van der Waals surface area contributed by atoms with Gasteiger partial charge in [0.1, 0.15) is 5.01 Å². The second-order valence-electron chi connectivity index (χ2n) is 6.01. The van der Waals surface area contributed by atoms with Crippen LogP contribution >= 0.6 is 22.9 Å². The molecule has 2 aromatic carbocycles. The van der Waals surface area contributed by atoms with Crippen LogP contribution in [0.2, 0.25) is 5.02 Å². The van der Waals surface area contributed by atoms with Crippen LogP contribution in [0, 0.1) is 20.8 Å². The van der Waals surface area contributed by atoms with Crippen molar-refractivity contribution in [3.63, 3.8) is 0 Å². The zero-order valence-electron chi connectivity index (χ0n) is 14.4. The highest BCUT2D eigenvalue weighted by Gasteiger charge is 2.14. The lowest BCUT2D eigenvalue weighted by Gasteiger charge is -2.07. The van der Waals surface area contributed by atoms with E-state index in [1.807, 2.05) is 63.2 Å². The zero-order valence-corrected chi connectivity index (χ0v) is 16.0. The number of amides is 1. The fourth-order valence-electron chi connectivity index (χ4n) is 2.67. The largest absolute Gasteiger partial charge is 0.347 e. The number of carbonyl (C=O) groups excluding carboxylic acids is 1. The van der Waals surface area contributed by atoms with Gasteiger partial charge in [-0.25, -0.2) is 4.98 Å². The first kappa shape index (κ1) is 17.6. The molecule has 0 bridgehead atoms. The molecule has 128 valence electrons. The van der Waals surface area contributed by atoms with Crippen LogP contribution in [0.5, 0.6) is 0 Å². The van der Waals surface area contributed by atoms with Gasteiger partial charge in [0.25, 0.3) is 5.91 Å². The normalized spacial score (nSPS) is 10.7. The van der Waals surface area contributed by atoms with Gasteiger partial charge in [0.2, 0.25) is 0 Å². The molecule has 1 amide bonds. The van der Waals surface area contributed by atoms with Gasteiger partial charge in [0.15, 0.2) is 0 Å². The molecule has 25 heavy (non-hydrogen) atoms. The van der Waals surface area contributed by atoms with E-state index in [9.17, 15) is 4.79 Å². The molecule has 0 atom stereocenters. The Labute approximate surface area is 156 Å². The summed E-state index contributed by atoms with van der Waals surface area (Å²) < 4.78 is 0. The lowest BCUT2D eigenvalue weighted by molar-refractivity contribution is 0.0950. The Balaban J connectivity index is 1.76. The van der Waals surface area contributed by atoms with Gasteiger partial charge in [0.05, 0.1) is 17.3 Å². The number of halogens is 1. The van der Waals surface area contributed by atoms with Crippen molar-refractivity contribution in [3.8, 4) is 10.6 Å². The lowest BCUT2D eigenvalue weighted by atomic mass is 10.1. The summed E-state index contributed by atoms with van der Waals surface area (Å²) in [6.45, 7) is 6.39. The second-order valence-corrected chi connectivity index (χ2v) is 7.50. The lowest BCUT2D eigenvalue weighted by Crippen LogP contribution is -2.23. The van der Waals surface area contributed by atoms with Crippen molar-refractivity contribution in [3.05, 3.63) is 74.7 Å². The van der Waals surface area contributed by atoms with E-state index in [0.717, 1.165) is 32.3 Å². The van der Waals surface area contributed by atoms with Gasteiger partial charge in [-0.15, -0.1) is 11.3 Å². The first-order valence-electron chi connectivity index (χ1n) is 8.02. The third-order valence-electron chi connectivity index (χ3n) is 4.03. The highest BCUT2D eigenvalue weighted by Crippen LogP contribution is 2.32. The molecule has 0 spiro atoms. The number of aryl methyl sites for hydroxylation is 3. The predicted octanol–water partition coefficient (Wildman–Crippen LogP) is 5.32. The Morgan fingerprint density at radius 1 is 1.16 bits per heavy atom. The van der Waals surface area contributed by atoms with Crippen LogP contribution in [-0.4, -0.2) is 10.9 Å².